The van der Waals surface area contributed by atoms with E-state index >= 15 is 0 Å². The highest BCUT2D eigenvalue weighted by Crippen LogP contribution is 2.37. The van der Waals surface area contributed by atoms with Gasteiger partial charge in [-0.15, -0.1) is 0 Å². The number of halogens is 3. The average molecular weight is 348 g/mol. The van der Waals surface area contributed by atoms with E-state index in [4.69, 9.17) is 12.2 Å². The lowest BCUT2D eigenvalue weighted by molar-refractivity contribution is -0.0328. The molecule has 0 saturated heterocycles. The van der Waals surface area contributed by atoms with Crippen LogP contribution in [0.4, 0.5) is 18.9 Å². The van der Waals surface area contributed by atoms with Gasteiger partial charge in [0.2, 0.25) is 0 Å². The number of anilines is 1. The van der Waals surface area contributed by atoms with E-state index in [0.717, 1.165) is 12.8 Å². The van der Waals surface area contributed by atoms with Crippen LogP contribution >= 0.6 is 24.0 Å². The van der Waals surface area contributed by atoms with Crippen molar-refractivity contribution in [3.63, 3.8) is 0 Å². The molecule has 22 heavy (non-hydrogen) atoms. The van der Waals surface area contributed by atoms with Crippen LogP contribution in [0, 0.1) is 0 Å². The molecule has 0 heterocycles. The van der Waals surface area contributed by atoms with Gasteiger partial charge in [0.25, 0.3) is 0 Å². The average Bonchev–Trinajstić information content (AvgIpc) is 2.46. The smallest absolute Gasteiger partial charge is 0.349 e. The molecule has 1 N–H and O–H groups in total. The Balaban J connectivity index is 1.97. The Morgan fingerprint density at radius 3 is 2.59 bits per heavy atom. The number of alkyl halides is 3. The van der Waals surface area contributed by atoms with E-state index < -0.39 is 5.51 Å². The Hall–Kier alpha value is -0.950. The van der Waals surface area contributed by atoms with Gasteiger partial charge in [0.15, 0.2) is 5.11 Å². The number of rotatable bonds is 3. The molecule has 2 nitrogen and oxygen atoms in total. The minimum atomic E-state index is -4.28. The molecule has 1 aliphatic rings. The van der Waals surface area contributed by atoms with Gasteiger partial charge in [0.1, 0.15) is 0 Å². The third kappa shape index (κ3) is 5.35. The second kappa shape index (κ2) is 7.55. The maximum atomic E-state index is 12.4. The fourth-order valence-electron chi connectivity index (χ4n) is 2.62. The SMILES string of the molecule is CN(C(=S)Nc1cccc(SC(F)(F)F)c1)C1CCCCC1. The molecule has 0 radical (unpaired) electrons. The summed E-state index contributed by atoms with van der Waals surface area (Å²) in [7, 11) is 1.94. The van der Waals surface area contributed by atoms with Crippen LogP contribution in [0.2, 0.25) is 0 Å². The number of nitrogens with zero attached hydrogens (tertiary/aromatic N) is 1. The second-order valence-corrected chi connectivity index (χ2v) is 6.93. The molecule has 0 bridgehead atoms. The largest absolute Gasteiger partial charge is 0.446 e. The van der Waals surface area contributed by atoms with Crippen LogP contribution in [0.5, 0.6) is 0 Å². The molecule has 0 aliphatic heterocycles. The first-order valence-corrected chi connectivity index (χ1v) is 8.47. The molecule has 0 amide bonds. The van der Waals surface area contributed by atoms with Gasteiger partial charge < -0.3 is 10.2 Å². The van der Waals surface area contributed by atoms with Crippen LogP contribution in [0.25, 0.3) is 0 Å². The van der Waals surface area contributed by atoms with E-state index in [-0.39, 0.29) is 16.7 Å². The van der Waals surface area contributed by atoms with Gasteiger partial charge in [-0.2, -0.15) is 13.2 Å². The fourth-order valence-corrected chi connectivity index (χ4v) is 3.48. The first-order chi connectivity index (χ1) is 10.3. The molecule has 1 saturated carbocycles. The van der Waals surface area contributed by atoms with Gasteiger partial charge in [-0.3, -0.25) is 0 Å². The highest BCUT2D eigenvalue weighted by atomic mass is 32.2. The minimum absolute atomic E-state index is 0.118. The fraction of sp³-hybridized carbons (Fsp3) is 0.533. The minimum Gasteiger partial charge on any atom is -0.349 e. The molecule has 1 fully saturated rings. The first kappa shape index (κ1) is 17.4. The first-order valence-electron chi connectivity index (χ1n) is 7.25. The quantitative estimate of drug-likeness (QED) is 0.592. The van der Waals surface area contributed by atoms with Crippen molar-refractivity contribution in [3.05, 3.63) is 24.3 Å². The van der Waals surface area contributed by atoms with E-state index in [1.165, 1.54) is 31.4 Å². The van der Waals surface area contributed by atoms with Gasteiger partial charge in [-0.1, -0.05) is 25.3 Å². The van der Waals surface area contributed by atoms with Crippen molar-refractivity contribution in [2.45, 2.75) is 48.5 Å². The summed E-state index contributed by atoms with van der Waals surface area (Å²) in [5, 5.41) is 3.60. The molecule has 1 aliphatic carbocycles. The highest BCUT2D eigenvalue weighted by Gasteiger charge is 2.29. The Morgan fingerprint density at radius 2 is 1.95 bits per heavy atom. The van der Waals surface area contributed by atoms with Gasteiger partial charge >= 0.3 is 5.51 Å². The predicted octanol–water partition coefficient (Wildman–Crippen LogP) is 5.26. The second-order valence-electron chi connectivity index (χ2n) is 5.41. The number of hydrogen-bond donors (Lipinski definition) is 1. The van der Waals surface area contributed by atoms with Crippen LogP contribution in [0.3, 0.4) is 0 Å². The zero-order valence-corrected chi connectivity index (χ0v) is 14.0. The van der Waals surface area contributed by atoms with Gasteiger partial charge in [-0.25, -0.2) is 0 Å². The zero-order valence-electron chi connectivity index (χ0n) is 12.3. The van der Waals surface area contributed by atoms with Crippen LogP contribution in [-0.2, 0) is 0 Å². The predicted molar refractivity (Wildman–Crippen MR) is 89.2 cm³/mol. The Bertz CT molecular complexity index is 514. The number of thioether (sulfide) groups is 1. The Morgan fingerprint density at radius 1 is 1.27 bits per heavy atom. The summed E-state index contributed by atoms with van der Waals surface area (Å²) in [4.78, 5) is 2.18. The molecular weight excluding hydrogens is 329 g/mol. The van der Waals surface area contributed by atoms with Crippen molar-refractivity contribution in [2.24, 2.45) is 0 Å². The highest BCUT2D eigenvalue weighted by molar-refractivity contribution is 8.00. The van der Waals surface area contributed by atoms with Crippen LogP contribution in [-0.4, -0.2) is 28.6 Å². The summed E-state index contributed by atoms with van der Waals surface area (Å²) in [6, 6.07) is 6.65. The van der Waals surface area contributed by atoms with Crippen LogP contribution in [0.1, 0.15) is 32.1 Å². The summed E-state index contributed by atoms with van der Waals surface area (Å²) >= 11 is 5.26. The molecule has 0 atom stereocenters. The molecule has 0 unspecified atom stereocenters. The van der Waals surface area contributed by atoms with E-state index in [2.05, 4.69) is 5.32 Å². The number of hydrogen-bond acceptors (Lipinski definition) is 2. The normalized spacial score (nSPS) is 16.4. The molecular formula is C15H19F3N2S2. The number of benzene rings is 1. The maximum absolute atomic E-state index is 12.4. The summed E-state index contributed by atoms with van der Waals surface area (Å²) in [6.07, 6.45) is 5.90. The van der Waals surface area contributed by atoms with Crippen molar-refractivity contribution in [1.29, 1.82) is 0 Å². The zero-order chi connectivity index (χ0) is 16.2. The van der Waals surface area contributed by atoms with E-state index in [9.17, 15) is 13.2 Å². The van der Waals surface area contributed by atoms with Crippen molar-refractivity contribution >= 4 is 34.8 Å². The topological polar surface area (TPSA) is 15.3 Å². The van der Waals surface area contributed by atoms with Crippen LogP contribution < -0.4 is 5.32 Å². The monoisotopic (exact) mass is 348 g/mol. The van der Waals surface area contributed by atoms with E-state index in [0.29, 0.717) is 16.8 Å². The van der Waals surface area contributed by atoms with Crippen molar-refractivity contribution in [3.8, 4) is 0 Å². The lowest BCUT2D eigenvalue weighted by Gasteiger charge is -2.33. The van der Waals surface area contributed by atoms with Gasteiger partial charge in [0, 0.05) is 23.7 Å². The molecule has 2 rings (SSSR count). The summed E-state index contributed by atoms with van der Waals surface area (Å²) < 4.78 is 37.2. The van der Waals surface area contributed by atoms with E-state index in [1.807, 2.05) is 11.9 Å². The maximum Gasteiger partial charge on any atom is 0.446 e. The molecule has 0 spiro atoms. The van der Waals surface area contributed by atoms with Gasteiger partial charge in [0.05, 0.1) is 0 Å². The van der Waals surface area contributed by atoms with Crippen molar-refractivity contribution in [2.75, 3.05) is 12.4 Å². The number of nitrogens with one attached hydrogen (secondary N) is 1. The summed E-state index contributed by atoms with van der Waals surface area (Å²) in [5.41, 5.74) is -3.69. The summed E-state index contributed by atoms with van der Waals surface area (Å²) in [5.74, 6) is 0. The van der Waals surface area contributed by atoms with Crippen molar-refractivity contribution in [1.82, 2.24) is 4.90 Å². The molecule has 122 valence electrons. The lowest BCUT2D eigenvalue weighted by Crippen LogP contribution is -2.40. The molecule has 0 aromatic heterocycles. The van der Waals surface area contributed by atoms with E-state index in [1.54, 1.807) is 12.1 Å². The number of thiocarbonyl (C=S) groups is 1. The molecule has 1 aromatic carbocycles. The summed E-state index contributed by atoms with van der Waals surface area (Å²) in [6.45, 7) is 0. The molecule has 1 aromatic rings. The Kier molecular flexibility index (Phi) is 5.97. The Labute approximate surface area is 138 Å². The third-order valence-corrected chi connectivity index (χ3v) is 4.87. The third-order valence-electron chi connectivity index (χ3n) is 3.76. The van der Waals surface area contributed by atoms with Crippen LogP contribution in [0.15, 0.2) is 29.2 Å². The van der Waals surface area contributed by atoms with Crippen molar-refractivity contribution < 1.29 is 13.2 Å². The standard InChI is InChI=1S/C15H19F3N2S2/c1-20(12-7-3-2-4-8-12)14(21)19-11-6-5-9-13(10-11)22-15(16,17)18/h5-6,9-10,12H,2-4,7-8H2,1H3,(H,19,21). The molecule has 7 heteroatoms. The lowest BCUT2D eigenvalue weighted by atomic mass is 9.95. The van der Waals surface area contributed by atoms with Gasteiger partial charge in [-0.05, 0) is 55.0 Å².